The highest BCUT2D eigenvalue weighted by Gasteiger charge is 2.14. The Morgan fingerprint density at radius 1 is 0.386 bits per heavy atom. The Labute approximate surface area is 258 Å². The lowest BCUT2D eigenvalue weighted by atomic mass is 10.0. The van der Waals surface area contributed by atoms with Crippen molar-refractivity contribution in [3.63, 3.8) is 0 Å². The van der Waals surface area contributed by atoms with E-state index in [2.05, 4.69) is 144 Å². The monoisotopic (exact) mass is 568 g/mol. The molecule has 0 aromatic heterocycles. The van der Waals surface area contributed by atoms with Gasteiger partial charge in [-0.15, -0.1) is 0 Å². The minimum atomic E-state index is 0.687. The van der Waals surface area contributed by atoms with Crippen molar-refractivity contribution in [1.82, 2.24) is 0 Å². The second-order valence-electron chi connectivity index (χ2n) is 10.8. The SMILES string of the molecule is c1ccc(C(=Nc2ccc3c(c2)CNc2ccc(N=C(c4ccccc4)c4ccccc4)cc2CN3)c2ccccc2)cc1. The zero-order valence-corrected chi connectivity index (χ0v) is 24.3. The molecule has 0 aliphatic carbocycles. The minimum absolute atomic E-state index is 0.687. The van der Waals surface area contributed by atoms with Gasteiger partial charge in [-0.05, 0) is 47.5 Å². The molecule has 0 saturated carbocycles. The number of anilines is 2. The molecular weight excluding hydrogens is 536 g/mol. The van der Waals surface area contributed by atoms with Crippen LogP contribution in [0.25, 0.3) is 0 Å². The molecule has 0 spiro atoms. The van der Waals surface area contributed by atoms with Crippen LogP contribution in [0.1, 0.15) is 33.4 Å². The normalized spacial score (nSPS) is 11.8. The van der Waals surface area contributed by atoms with Crippen LogP contribution in [0, 0.1) is 0 Å². The second-order valence-corrected chi connectivity index (χ2v) is 10.8. The lowest BCUT2D eigenvalue weighted by Crippen LogP contribution is -2.12. The highest BCUT2D eigenvalue weighted by Crippen LogP contribution is 2.31. The number of rotatable bonds is 6. The molecule has 6 aromatic carbocycles. The molecule has 0 atom stereocenters. The molecular formula is C40H32N4. The Bertz CT molecular complexity index is 1700. The van der Waals surface area contributed by atoms with Crippen molar-refractivity contribution < 1.29 is 0 Å². The number of nitrogens with zero attached hydrogens (tertiary/aromatic N) is 2. The van der Waals surface area contributed by atoms with Crippen LogP contribution in [0.4, 0.5) is 22.7 Å². The van der Waals surface area contributed by atoms with E-state index in [4.69, 9.17) is 9.98 Å². The van der Waals surface area contributed by atoms with Gasteiger partial charge in [0.1, 0.15) is 0 Å². The van der Waals surface area contributed by atoms with E-state index in [0.717, 1.165) is 56.4 Å². The Hall–Kier alpha value is -5.74. The van der Waals surface area contributed by atoms with Gasteiger partial charge in [-0.2, -0.15) is 0 Å². The second kappa shape index (κ2) is 12.6. The average molecular weight is 569 g/mol. The van der Waals surface area contributed by atoms with Crippen LogP contribution in [0.15, 0.2) is 168 Å². The van der Waals surface area contributed by atoms with Crippen molar-refractivity contribution in [2.24, 2.45) is 9.98 Å². The quantitative estimate of drug-likeness (QED) is 0.197. The summed E-state index contributed by atoms with van der Waals surface area (Å²) in [6, 6.07) is 54.3. The van der Waals surface area contributed by atoms with Crippen molar-refractivity contribution in [1.29, 1.82) is 0 Å². The first-order valence-electron chi connectivity index (χ1n) is 14.9. The van der Waals surface area contributed by atoms with Crippen molar-refractivity contribution in [2.45, 2.75) is 13.1 Å². The van der Waals surface area contributed by atoms with E-state index in [1.54, 1.807) is 0 Å². The molecule has 0 radical (unpaired) electrons. The summed E-state index contributed by atoms with van der Waals surface area (Å²) >= 11 is 0. The van der Waals surface area contributed by atoms with E-state index < -0.39 is 0 Å². The first kappa shape index (κ1) is 27.1. The van der Waals surface area contributed by atoms with Gasteiger partial charge in [0.15, 0.2) is 0 Å². The first-order chi connectivity index (χ1) is 21.8. The first-order valence-corrected chi connectivity index (χ1v) is 14.9. The summed E-state index contributed by atoms with van der Waals surface area (Å²) in [4.78, 5) is 10.3. The maximum Gasteiger partial charge on any atom is 0.0781 e. The van der Waals surface area contributed by atoms with Gasteiger partial charge in [0.05, 0.1) is 22.8 Å². The molecule has 0 unspecified atom stereocenters. The predicted molar refractivity (Wildman–Crippen MR) is 184 cm³/mol. The van der Waals surface area contributed by atoms with Gasteiger partial charge in [0, 0.05) is 46.7 Å². The number of aliphatic imine (C=N–C) groups is 2. The third-order valence-corrected chi connectivity index (χ3v) is 7.79. The molecule has 1 heterocycles. The molecule has 6 aromatic rings. The molecule has 212 valence electrons. The summed E-state index contributed by atoms with van der Waals surface area (Å²) in [7, 11) is 0. The van der Waals surface area contributed by atoms with Gasteiger partial charge in [0.25, 0.3) is 0 Å². The highest BCUT2D eigenvalue weighted by atomic mass is 14.9. The number of fused-ring (bicyclic) bond motifs is 2. The van der Waals surface area contributed by atoms with Crippen molar-refractivity contribution in [3.8, 4) is 0 Å². The summed E-state index contributed by atoms with van der Waals surface area (Å²) in [5, 5.41) is 7.34. The molecule has 4 nitrogen and oxygen atoms in total. The fourth-order valence-corrected chi connectivity index (χ4v) is 5.55. The summed E-state index contributed by atoms with van der Waals surface area (Å²) < 4.78 is 0. The van der Waals surface area contributed by atoms with Gasteiger partial charge < -0.3 is 10.6 Å². The van der Waals surface area contributed by atoms with Crippen LogP contribution in [-0.4, -0.2) is 11.4 Å². The fourth-order valence-electron chi connectivity index (χ4n) is 5.55. The van der Waals surface area contributed by atoms with Crippen molar-refractivity contribution in [3.05, 3.63) is 191 Å². The van der Waals surface area contributed by atoms with Crippen molar-refractivity contribution >= 4 is 34.2 Å². The smallest absolute Gasteiger partial charge is 0.0781 e. The van der Waals surface area contributed by atoms with Gasteiger partial charge >= 0.3 is 0 Å². The lowest BCUT2D eigenvalue weighted by Gasteiger charge is -2.21. The van der Waals surface area contributed by atoms with E-state index in [9.17, 15) is 0 Å². The standard InChI is InChI=1S/C40H32N4/c1-5-13-29(14-6-1)39(30-15-7-2-8-16-30)43-35-21-23-37-33(25-35)27-41-38-24-22-36(26-34(38)28-42-37)44-40(31-17-9-3-10-18-31)32-19-11-4-12-20-32/h1-26,41-42H,27-28H2. The minimum Gasteiger partial charge on any atom is -0.381 e. The van der Waals surface area contributed by atoms with E-state index in [-0.39, 0.29) is 0 Å². The fraction of sp³-hybridized carbons (Fsp3) is 0.0500. The average Bonchev–Trinajstić information content (AvgIpc) is 3.09. The summed E-state index contributed by atoms with van der Waals surface area (Å²) in [6.07, 6.45) is 0. The molecule has 2 N–H and O–H groups in total. The molecule has 0 amide bonds. The van der Waals surface area contributed by atoms with Gasteiger partial charge in [-0.25, -0.2) is 9.98 Å². The lowest BCUT2D eigenvalue weighted by molar-refractivity contribution is 1.05. The molecule has 1 aliphatic heterocycles. The molecule has 0 fully saturated rings. The number of benzene rings is 6. The third-order valence-electron chi connectivity index (χ3n) is 7.79. The molecule has 4 heteroatoms. The summed E-state index contributed by atoms with van der Waals surface area (Å²) in [5.74, 6) is 0. The van der Waals surface area contributed by atoms with Gasteiger partial charge in [-0.1, -0.05) is 121 Å². The summed E-state index contributed by atoms with van der Waals surface area (Å²) in [6.45, 7) is 1.37. The van der Waals surface area contributed by atoms with E-state index in [1.165, 1.54) is 11.1 Å². The number of nitrogens with one attached hydrogen (secondary N) is 2. The molecule has 0 bridgehead atoms. The zero-order valence-electron chi connectivity index (χ0n) is 24.3. The van der Waals surface area contributed by atoms with E-state index in [0.29, 0.717) is 13.1 Å². The van der Waals surface area contributed by atoms with Crippen LogP contribution in [-0.2, 0) is 13.1 Å². The van der Waals surface area contributed by atoms with Crippen LogP contribution < -0.4 is 10.6 Å². The number of hydrogen-bond donors (Lipinski definition) is 2. The Morgan fingerprint density at radius 2 is 0.705 bits per heavy atom. The van der Waals surface area contributed by atoms with E-state index >= 15 is 0 Å². The number of hydrogen-bond acceptors (Lipinski definition) is 4. The van der Waals surface area contributed by atoms with Crippen LogP contribution in [0.3, 0.4) is 0 Å². The zero-order chi connectivity index (χ0) is 29.6. The predicted octanol–water partition coefficient (Wildman–Crippen LogP) is 9.56. The van der Waals surface area contributed by atoms with Crippen molar-refractivity contribution in [2.75, 3.05) is 10.6 Å². The highest BCUT2D eigenvalue weighted by molar-refractivity contribution is 6.14. The van der Waals surface area contributed by atoms with Gasteiger partial charge in [0.2, 0.25) is 0 Å². The van der Waals surface area contributed by atoms with Gasteiger partial charge in [-0.3, -0.25) is 0 Å². The molecule has 44 heavy (non-hydrogen) atoms. The van der Waals surface area contributed by atoms with E-state index in [1.807, 2.05) is 24.3 Å². The Balaban J connectivity index is 1.18. The maximum atomic E-state index is 5.14. The Morgan fingerprint density at radius 3 is 1.02 bits per heavy atom. The largest absolute Gasteiger partial charge is 0.381 e. The Kier molecular flexibility index (Phi) is 7.79. The molecule has 0 saturated heterocycles. The maximum absolute atomic E-state index is 5.14. The third kappa shape index (κ3) is 6.06. The van der Waals surface area contributed by atoms with Crippen LogP contribution in [0.5, 0.6) is 0 Å². The molecule has 7 rings (SSSR count). The topological polar surface area (TPSA) is 48.8 Å². The van der Waals surface area contributed by atoms with Crippen LogP contribution >= 0.6 is 0 Å². The summed E-state index contributed by atoms with van der Waals surface area (Å²) in [5.41, 5.74) is 12.7. The molecule has 1 aliphatic rings. The van der Waals surface area contributed by atoms with Crippen LogP contribution in [0.2, 0.25) is 0 Å².